The molecule has 3 N–H and O–H groups in total. The molecule has 0 aliphatic carbocycles. The van der Waals surface area contributed by atoms with Gasteiger partial charge in [-0.1, -0.05) is 6.92 Å². The Bertz CT molecular complexity index is 220. The lowest BCUT2D eigenvalue weighted by Crippen LogP contribution is -2.45. The smallest absolute Gasteiger partial charge is 0.227 e. The van der Waals surface area contributed by atoms with Gasteiger partial charge in [0.05, 0.1) is 5.41 Å². The van der Waals surface area contributed by atoms with Crippen molar-refractivity contribution in [2.24, 2.45) is 11.1 Å². The zero-order valence-corrected chi connectivity index (χ0v) is 10.6. The first-order chi connectivity index (χ1) is 7.62. The van der Waals surface area contributed by atoms with Crippen molar-refractivity contribution < 1.29 is 4.79 Å². The van der Waals surface area contributed by atoms with Gasteiger partial charge in [0.1, 0.15) is 0 Å². The third kappa shape index (κ3) is 3.46. The summed E-state index contributed by atoms with van der Waals surface area (Å²) < 4.78 is 0. The van der Waals surface area contributed by atoms with Gasteiger partial charge in [0.2, 0.25) is 5.91 Å². The highest BCUT2D eigenvalue weighted by atomic mass is 16.2. The van der Waals surface area contributed by atoms with E-state index in [1.807, 2.05) is 13.8 Å². The Morgan fingerprint density at radius 3 is 2.56 bits per heavy atom. The van der Waals surface area contributed by atoms with E-state index in [2.05, 4.69) is 10.2 Å². The number of nitrogens with zero attached hydrogens (tertiary/aromatic N) is 1. The predicted molar refractivity (Wildman–Crippen MR) is 66.1 cm³/mol. The minimum atomic E-state index is -0.398. The Balaban J connectivity index is 2.23. The molecule has 1 amide bonds. The number of likely N-dealkylation sites (tertiary alicyclic amines) is 1. The van der Waals surface area contributed by atoms with Crippen molar-refractivity contribution in [1.29, 1.82) is 0 Å². The van der Waals surface area contributed by atoms with Crippen LogP contribution < -0.4 is 11.1 Å². The van der Waals surface area contributed by atoms with Crippen LogP contribution in [0, 0.1) is 5.41 Å². The van der Waals surface area contributed by atoms with Crippen molar-refractivity contribution in [3.63, 3.8) is 0 Å². The minimum absolute atomic E-state index is 0.0942. The lowest BCUT2D eigenvalue weighted by atomic mass is 9.87. The molecule has 0 aromatic carbocycles. The van der Waals surface area contributed by atoms with E-state index in [-0.39, 0.29) is 5.91 Å². The fraction of sp³-hybridized carbons (Fsp3) is 0.917. The van der Waals surface area contributed by atoms with E-state index < -0.39 is 5.41 Å². The van der Waals surface area contributed by atoms with E-state index in [4.69, 9.17) is 5.73 Å². The lowest BCUT2D eigenvalue weighted by molar-refractivity contribution is -0.129. The van der Waals surface area contributed by atoms with Gasteiger partial charge >= 0.3 is 0 Å². The third-order valence-electron chi connectivity index (χ3n) is 3.69. The highest BCUT2D eigenvalue weighted by Gasteiger charge is 2.29. The van der Waals surface area contributed by atoms with Gasteiger partial charge in [-0.15, -0.1) is 0 Å². The largest absolute Gasteiger partial charge is 0.354 e. The molecule has 1 fully saturated rings. The summed E-state index contributed by atoms with van der Waals surface area (Å²) in [5.74, 6) is 0.0942. The lowest BCUT2D eigenvalue weighted by Gasteiger charge is -2.25. The Hall–Kier alpha value is -0.610. The second kappa shape index (κ2) is 6.21. The minimum Gasteiger partial charge on any atom is -0.354 e. The Morgan fingerprint density at radius 2 is 2.06 bits per heavy atom. The average molecular weight is 227 g/mol. The molecule has 1 heterocycles. The topological polar surface area (TPSA) is 58.4 Å². The van der Waals surface area contributed by atoms with E-state index in [9.17, 15) is 4.79 Å². The quantitative estimate of drug-likeness (QED) is 0.697. The summed E-state index contributed by atoms with van der Waals surface area (Å²) in [6.45, 7) is 8.42. The fourth-order valence-electron chi connectivity index (χ4n) is 1.94. The molecule has 1 saturated heterocycles. The maximum atomic E-state index is 11.9. The summed E-state index contributed by atoms with van der Waals surface area (Å²) in [5, 5.41) is 2.99. The Kier molecular flexibility index (Phi) is 5.22. The van der Waals surface area contributed by atoms with Crippen LogP contribution in [0.5, 0.6) is 0 Å². The molecule has 4 heteroatoms. The van der Waals surface area contributed by atoms with Gasteiger partial charge in [-0.2, -0.15) is 0 Å². The van der Waals surface area contributed by atoms with Crippen LogP contribution in [0.4, 0.5) is 0 Å². The number of carbonyl (C=O) groups excluding carboxylic acids is 1. The molecule has 0 aromatic heterocycles. The molecule has 94 valence electrons. The normalized spacial score (nSPS) is 20.7. The predicted octanol–water partition coefficient (Wildman–Crippen LogP) is 0.573. The molecule has 1 aliphatic rings. The van der Waals surface area contributed by atoms with Crippen molar-refractivity contribution in [1.82, 2.24) is 10.2 Å². The van der Waals surface area contributed by atoms with E-state index in [0.717, 1.165) is 19.5 Å². The molecule has 0 bridgehead atoms. The van der Waals surface area contributed by atoms with E-state index >= 15 is 0 Å². The number of hydrogen-bond donors (Lipinski definition) is 2. The summed E-state index contributed by atoms with van der Waals surface area (Å²) in [6, 6.07) is 0. The molecule has 1 atom stereocenters. The summed E-state index contributed by atoms with van der Waals surface area (Å²) in [7, 11) is 0. The number of carbonyl (C=O) groups is 1. The van der Waals surface area contributed by atoms with Crippen LogP contribution in [-0.2, 0) is 4.79 Å². The molecule has 0 saturated carbocycles. The van der Waals surface area contributed by atoms with E-state index in [1.54, 1.807) is 0 Å². The molecular weight excluding hydrogens is 202 g/mol. The number of amides is 1. The molecule has 0 spiro atoms. The van der Waals surface area contributed by atoms with Gasteiger partial charge in [-0.25, -0.2) is 0 Å². The monoisotopic (exact) mass is 227 g/mol. The Morgan fingerprint density at radius 1 is 1.44 bits per heavy atom. The average Bonchev–Trinajstić information content (AvgIpc) is 2.80. The second-order valence-electron chi connectivity index (χ2n) is 4.92. The molecular formula is C12H25N3O. The first kappa shape index (κ1) is 13.5. The molecule has 1 rings (SSSR count). The van der Waals surface area contributed by atoms with E-state index in [0.29, 0.717) is 6.54 Å². The van der Waals surface area contributed by atoms with Gasteiger partial charge in [0.15, 0.2) is 0 Å². The SMILES string of the molecule is CCC(C)(CN)C(=O)NCCN1CCCC1. The third-order valence-corrected chi connectivity index (χ3v) is 3.69. The van der Waals surface area contributed by atoms with Crippen LogP contribution in [0.15, 0.2) is 0 Å². The van der Waals surface area contributed by atoms with Gasteiger partial charge in [-0.3, -0.25) is 4.79 Å². The molecule has 16 heavy (non-hydrogen) atoms. The molecule has 1 aliphatic heterocycles. The van der Waals surface area contributed by atoms with E-state index in [1.165, 1.54) is 25.9 Å². The first-order valence-electron chi connectivity index (χ1n) is 6.33. The van der Waals surface area contributed by atoms with Crippen LogP contribution >= 0.6 is 0 Å². The van der Waals surface area contributed by atoms with Crippen molar-refractivity contribution in [3.8, 4) is 0 Å². The molecule has 0 aromatic rings. The highest BCUT2D eigenvalue weighted by molar-refractivity contribution is 5.82. The van der Waals surface area contributed by atoms with Crippen LogP contribution in [-0.4, -0.2) is 43.5 Å². The van der Waals surface area contributed by atoms with Gasteiger partial charge in [0.25, 0.3) is 0 Å². The number of hydrogen-bond acceptors (Lipinski definition) is 3. The zero-order chi connectivity index (χ0) is 12.0. The molecule has 1 unspecified atom stereocenters. The number of nitrogens with one attached hydrogen (secondary N) is 1. The summed E-state index contributed by atoms with van der Waals surface area (Å²) in [5.41, 5.74) is 5.24. The summed E-state index contributed by atoms with van der Waals surface area (Å²) >= 11 is 0. The van der Waals surface area contributed by atoms with Crippen LogP contribution in [0.3, 0.4) is 0 Å². The molecule has 4 nitrogen and oxygen atoms in total. The van der Waals surface area contributed by atoms with Crippen molar-refractivity contribution in [3.05, 3.63) is 0 Å². The van der Waals surface area contributed by atoms with Gasteiger partial charge in [-0.05, 0) is 39.3 Å². The highest BCUT2D eigenvalue weighted by Crippen LogP contribution is 2.18. The second-order valence-corrected chi connectivity index (χ2v) is 4.92. The summed E-state index contributed by atoms with van der Waals surface area (Å²) in [4.78, 5) is 14.3. The summed E-state index contributed by atoms with van der Waals surface area (Å²) in [6.07, 6.45) is 3.38. The van der Waals surface area contributed by atoms with Crippen molar-refractivity contribution in [2.75, 3.05) is 32.7 Å². The van der Waals surface area contributed by atoms with Gasteiger partial charge in [0, 0.05) is 19.6 Å². The fourth-order valence-corrected chi connectivity index (χ4v) is 1.94. The maximum absolute atomic E-state index is 11.9. The molecule has 0 radical (unpaired) electrons. The van der Waals surface area contributed by atoms with Crippen LogP contribution in [0.1, 0.15) is 33.1 Å². The van der Waals surface area contributed by atoms with Crippen LogP contribution in [0.25, 0.3) is 0 Å². The van der Waals surface area contributed by atoms with Crippen molar-refractivity contribution in [2.45, 2.75) is 33.1 Å². The number of rotatable bonds is 6. The van der Waals surface area contributed by atoms with Crippen molar-refractivity contribution >= 4 is 5.91 Å². The Labute approximate surface area is 98.6 Å². The zero-order valence-electron chi connectivity index (χ0n) is 10.6. The standard InChI is InChI=1S/C12H25N3O/c1-3-12(2,10-13)11(16)14-6-9-15-7-4-5-8-15/h3-10,13H2,1-2H3,(H,14,16). The first-order valence-corrected chi connectivity index (χ1v) is 6.33. The number of nitrogens with two attached hydrogens (primary N) is 1. The van der Waals surface area contributed by atoms with Crippen LogP contribution in [0.2, 0.25) is 0 Å². The van der Waals surface area contributed by atoms with Gasteiger partial charge < -0.3 is 16.0 Å². The maximum Gasteiger partial charge on any atom is 0.227 e.